The van der Waals surface area contributed by atoms with Crippen LogP contribution >= 0.6 is 0 Å². The van der Waals surface area contributed by atoms with Gasteiger partial charge < -0.3 is 40.0 Å². The van der Waals surface area contributed by atoms with Crippen LogP contribution in [0, 0.1) is 0 Å². The summed E-state index contributed by atoms with van der Waals surface area (Å²) >= 11 is 0. The third kappa shape index (κ3) is 8.22. The molecule has 2 aromatic heterocycles. The Kier molecular flexibility index (Phi) is 11.7. The molecule has 220 valence electrons. The van der Waals surface area contributed by atoms with Gasteiger partial charge in [0, 0.05) is 76.2 Å². The second-order valence-electron chi connectivity index (χ2n) is 9.01. The van der Waals surface area contributed by atoms with E-state index >= 15 is 0 Å². The van der Waals surface area contributed by atoms with Gasteiger partial charge in [-0.05, 0) is 30.2 Å². The Morgan fingerprint density at radius 1 is 0.780 bits per heavy atom. The molecule has 0 spiro atoms. The number of amides is 3. The van der Waals surface area contributed by atoms with Crippen molar-refractivity contribution >= 4 is 17.7 Å². The number of rotatable bonds is 11. The predicted molar refractivity (Wildman–Crippen MR) is 144 cm³/mol. The van der Waals surface area contributed by atoms with Crippen LogP contribution in [-0.4, -0.2) is 73.3 Å². The van der Waals surface area contributed by atoms with E-state index in [1.807, 2.05) is 0 Å². The number of carbonyl (C=O) groups is 3. The number of benzene rings is 1. The van der Waals surface area contributed by atoms with Gasteiger partial charge in [0.15, 0.2) is 11.5 Å². The molecular weight excluding hydrogens is 578 g/mol. The van der Waals surface area contributed by atoms with E-state index in [1.165, 1.54) is 49.6 Å². The Morgan fingerprint density at radius 2 is 1.24 bits per heavy atom. The molecule has 0 bridgehead atoms. The Balaban J connectivity index is 0.00000588. The first-order valence-electron chi connectivity index (χ1n) is 12.4. The number of hydrogen-bond donors (Lipinski definition) is 5. The molecule has 0 unspecified atom stereocenters. The predicted octanol–water partition coefficient (Wildman–Crippen LogP) is -0.180. The van der Waals surface area contributed by atoms with Gasteiger partial charge in [-0.2, -0.15) is 0 Å². The largest absolute Gasteiger partial charge is 0.508 e. The molecule has 41 heavy (non-hydrogen) atoms. The van der Waals surface area contributed by atoms with Crippen molar-refractivity contribution in [1.29, 1.82) is 0 Å². The van der Waals surface area contributed by atoms with Crippen molar-refractivity contribution in [2.75, 3.05) is 26.2 Å². The van der Waals surface area contributed by atoms with E-state index in [2.05, 4.69) is 10.6 Å². The van der Waals surface area contributed by atoms with Gasteiger partial charge in [0.2, 0.25) is 5.91 Å². The van der Waals surface area contributed by atoms with E-state index < -0.39 is 34.4 Å². The summed E-state index contributed by atoms with van der Waals surface area (Å²) < 4.78 is 2.25. The Hall–Kier alpha value is -4.55. The minimum Gasteiger partial charge on any atom is -0.508 e. The van der Waals surface area contributed by atoms with E-state index in [0.717, 1.165) is 9.13 Å². The summed E-state index contributed by atoms with van der Waals surface area (Å²) in [6.45, 7) is 0.00639. The number of nitrogens with zero attached hydrogens (tertiary/aromatic N) is 3. The molecule has 2 heterocycles. The van der Waals surface area contributed by atoms with Crippen LogP contribution < -0.4 is 21.8 Å². The first-order valence-corrected chi connectivity index (χ1v) is 12.4. The smallest absolute Gasteiger partial charge is 0.293 e. The van der Waals surface area contributed by atoms with Crippen molar-refractivity contribution in [1.82, 2.24) is 24.7 Å². The molecule has 14 heteroatoms. The summed E-state index contributed by atoms with van der Waals surface area (Å²) in [4.78, 5) is 63.3. The van der Waals surface area contributed by atoms with Crippen molar-refractivity contribution in [3.63, 3.8) is 0 Å². The summed E-state index contributed by atoms with van der Waals surface area (Å²) in [5.41, 5.74) is -1.29. The summed E-state index contributed by atoms with van der Waals surface area (Å²) in [6.07, 6.45) is 2.97. The zero-order valence-corrected chi connectivity index (χ0v) is 23.5. The van der Waals surface area contributed by atoms with Crippen molar-refractivity contribution in [2.24, 2.45) is 14.1 Å². The quantitative estimate of drug-likeness (QED) is 0.186. The molecule has 13 nitrogen and oxygen atoms in total. The Morgan fingerprint density at radius 3 is 1.71 bits per heavy atom. The fourth-order valence-electron chi connectivity index (χ4n) is 3.88. The second-order valence-corrected chi connectivity index (χ2v) is 9.01. The van der Waals surface area contributed by atoms with Gasteiger partial charge >= 0.3 is 0 Å². The van der Waals surface area contributed by atoms with Gasteiger partial charge in [-0.3, -0.25) is 24.0 Å². The average molecular weight is 609 g/mol. The fraction of sp³-hybridized carbons (Fsp3) is 0.296. The first-order chi connectivity index (χ1) is 19.0. The fourth-order valence-corrected chi connectivity index (χ4v) is 3.88. The molecule has 0 aliphatic rings. The number of nitrogens with one attached hydrogen (secondary N) is 2. The number of para-hydroxylation sites is 1. The van der Waals surface area contributed by atoms with Gasteiger partial charge in [-0.25, -0.2) is 0 Å². The number of aromatic hydroxyl groups is 3. The first kappa shape index (κ1) is 32.7. The molecule has 1 aromatic carbocycles. The third-order valence-corrected chi connectivity index (χ3v) is 6.26. The van der Waals surface area contributed by atoms with E-state index in [9.17, 15) is 39.3 Å². The van der Waals surface area contributed by atoms with Crippen LogP contribution in [0.15, 0.2) is 58.4 Å². The van der Waals surface area contributed by atoms with E-state index in [4.69, 9.17) is 0 Å². The standard InChI is InChI=1S/C27H31N5O8.Fe/c1-30-13-9-18(22(35)26(30)39)24(37)28-11-15-32(21(34)8-7-17-5-3-4-6-20(17)33)16-12-29-25(38)19-10-14-31(2)27(40)23(19)36;/h3-6,9-10,13-14,33,35-36H,7-8,11-12,15-16H2,1-2H3,(H,28,37)(H,29,38);. The number of aromatic nitrogens is 2. The zero-order valence-electron chi connectivity index (χ0n) is 22.4. The summed E-state index contributed by atoms with van der Waals surface area (Å²) in [5.74, 6) is -3.05. The van der Waals surface area contributed by atoms with Gasteiger partial charge in [0.1, 0.15) is 5.75 Å². The molecule has 0 radical (unpaired) electrons. The molecule has 0 atom stereocenters. The van der Waals surface area contributed by atoms with Crippen LogP contribution in [0.25, 0.3) is 0 Å². The molecule has 0 saturated heterocycles. The number of phenols is 1. The molecule has 5 N–H and O–H groups in total. The van der Waals surface area contributed by atoms with Crippen LogP contribution in [-0.2, 0) is 42.4 Å². The minimum atomic E-state index is -0.730. The van der Waals surface area contributed by atoms with Crippen molar-refractivity contribution in [3.8, 4) is 17.2 Å². The van der Waals surface area contributed by atoms with Gasteiger partial charge in [-0.1, -0.05) is 18.2 Å². The van der Waals surface area contributed by atoms with Crippen molar-refractivity contribution < 1.29 is 46.8 Å². The normalized spacial score (nSPS) is 10.4. The number of pyridine rings is 2. The maximum atomic E-state index is 13.0. The topological polar surface area (TPSA) is 183 Å². The molecular formula is C27H31FeN5O8. The number of carbonyl (C=O) groups excluding carboxylic acids is 3. The summed E-state index contributed by atoms with van der Waals surface area (Å²) in [6, 6.07) is 9.20. The molecule has 0 aliphatic carbocycles. The van der Waals surface area contributed by atoms with Gasteiger partial charge in [0.25, 0.3) is 22.9 Å². The molecule has 3 rings (SSSR count). The Labute approximate surface area is 245 Å². The molecule has 0 fully saturated rings. The van der Waals surface area contributed by atoms with Crippen molar-refractivity contribution in [3.05, 3.63) is 86.2 Å². The number of phenolic OH excluding ortho intramolecular Hbond substituents is 1. The van der Waals surface area contributed by atoms with E-state index in [1.54, 1.807) is 18.2 Å². The Bertz CT molecular complexity index is 1450. The number of hydrogen-bond acceptors (Lipinski definition) is 8. The van der Waals surface area contributed by atoms with Crippen LogP contribution in [0.3, 0.4) is 0 Å². The second kappa shape index (κ2) is 14.7. The molecule has 0 saturated carbocycles. The SMILES string of the molecule is Cn1ccc(C(=O)NCCN(CCNC(=O)c2ccn(C)c(=O)c2O)C(=O)CCc2ccccc2O)c(O)c1=O.[Fe]. The monoisotopic (exact) mass is 609 g/mol. The zero-order chi connectivity index (χ0) is 29.4. The van der Waals surface area contributed by atoms with E-state index in [0.29, 0.717) is 5.56 Å². The van der Waals surface area contributed by atoms with Crippen LogP contribution in [0.2, 0.25) is 0 Å². The molecule has 3 amide bonds. The van der Waals surface area contributed by atoms with Gasteiger partial charge in [0.05, 0.1) is 11.1 Å². The maximum absolute atomic E-state index is 13.0. The van der Waals surface area contributed by atoms with Crippen molar-refractivity contribution in [2.45, 2.75) is 12.8 Å². The van der Waals surface area contributed by atoms with Crippen LogP contribution in [0.5, 0.6) is 17.2 Å². The summed E-state index contributed by atoms with van der Waals surface area (Å²) in [5, 5.41) is 35.1. The molecule has 3 aromatic rings. The number of aryl methyl sites for hydroxylation is 3. The van der Waals surface area contributed by atoms with Gasteiger partial charge in [-0.15, -0.1) is 0 Å². The third-order valence-electron chi connectivity index (χ3n) is 6.26. The molecule has 0 aliphatic heterocycles. The minimum absolute atomic E-state index is 0. The van der Waals surface area contributed by atoms with Crippen LogP contribution in [0.4, 0.5) is 0 Å². The summed E-state index contributed by atoms with van der Waals surface area (Å²) in [7, 11) is 2.86. The maximum Gasteiger partial charge on any atom is 0.293 e. The van der Waals surface area contributed by atoms with E-state index in [-0.39, 0.29) is 78.9 Å². The average Bonchev–Trinajstić information content (AvgIpc) is 2.93. The van der Waals surface area contributed by atoms with Crippen LogP contribution in [0.1, 0.15) is 32.7 Å².